The van der Waals surface area contributed by atoms with Crippen molar-refractivity contribution in [2.45, 2.75) is 38.6 Å². The van der Waals surface area contributed by atoms with Gasteiger partial charge in [-0.25, -0.2) is 9.97 Å². The van der Waals surface area contributed by atoms with Crippen molar-refractivity contribution >= 4 is 11.7 Å². The van der Waals surface area contributed by atoms with Crippen LogP contribution in [0, 0.1) is 0 Å². The number of rotatable bonds is 5. The highest BCUT2D eigenvalue weighted by Crippen LogP contribution is 2.16. The van der Waals surface area contributed by atoms with Crippen LogP contribution in [0.1, 0.15) is 32.1 Å². The number of anilines is 1. The van der Waals surface area contributed by atoms with Crippen LogP contribution in [0.25, 0.3) is 11.5 Å². The molecule has 2 aromatic heterocycles. The molecule has 8 heteroatoms. The molecule has 2 aromatic rings. The largest absolute Gasteiger partial charge is 0.369 e. The van der Waals surface area contributed by atoms with Crippen LogP contribution in [-0.2, 0) is 11.2 Å². The first-order valence-corrected chi connectivity index (χ1v) is 7.43. The van der Waals surface area contributed by atoms with Gasteiger partial charge in [-0.1, -0.05) is 5.16 Å². The van der Waals surface area contributed by atoms with E-state index >= 15 is 0 Å². The average molecular weight is 302 g/mol. The van der Waals surface area contributed by atoms with Gasteiger partial charge in [0.1, 0.15) is 11.5 Å². The summed E-state index contributed by atoms with van der Waals surface area (Å²) in [5.41, 5.74) is 0.560. The first-order chi connectivity index (χ1) is 10.7. The Morgan fingerprint density at radius 2 is 2.32 bits per heavy atom. The third-order valence-electron chi connectivity index (χ3n) is 3.45. The van der Waals surface area contributed by atoms with Crippen LogP contribution in [0.4, 0.5) is 5.82 Å². The van der Waals surface area contributed by atoms with Gasteiger partial charge in [0, 0.05) is 25.4 Å². The number of aromatic nitrogens is 4. The molecule has 2 N–H and O–H groups in total. The minimum atomic E-state index is 0.0664. The fourth-order valence-corrected chi connectivity index (χ4v) is 2.40. The first-order valence-electron chi connectivity index (χ1n) is 7.43. The van der Waals surface area contributed by atoms with Gasteiger partial charge in [-0.2, -0.15) is 4.98 Å². The molecule has 3 heterocycles. The topological polar surface area (TPSA) is 106 Å². The van der Waals surface area contributed by atoms with E-state index in [1.165, 1.54) is 0 Å². The number of amides is 1. The Morgan fingerprint density at radius 1 is 1.41 bits per heavy atom. The normalized spacial score (nSPS) is 18.0. The molecule has 0 radical (unpaired) electrons. The number of hydrogen-bond acceptors (Lipinski definition) is 7. The Balaban J connectivity index is 1.66. The van der Waals surface area contributed by atoms with E-state index in [1.807, 2.05) is 6.92 Å². The molecule has 0 aliphatic carbocycles. The summed E-state index contributed by atoms with van der Waals surface area (Å²) in [7, 11) is 0. The Kier molecular flexibility index (Phi) is 4.27. The van der Waals surface area contributed by atoms with Gasteiger partial charge in [-0.3, -0.25) is 4.79 Å². The summed E-state index contributed by atoms with van der Waals surface area (Å²) in [6, 6.07) is 0.0664. The van der Waals surface area contributed by atoms with Crippen molar-refractivity contribution in [2.24, 2.45) is 0 Å². The molecule has 1 unspecified atom stereocenters. The average Bonchev–Trinajstić information content (AvgIpc) is 2.97. The van der Waals surface area contributed by atoms with Gasteiger partial charge in [-0.15, -0.1) is 0 Å². The van der Waals surface area contributed by atoms with E-state index in [1.54, 1.807) is 12.4 Å². The highest BCUT2D eigenvalue weighted by molar-refractivity contribution is 5.76. The molecule has 22 heavy (non-hydrogen) atoms. The summed E-state index contributed by atoms with van der Waals surface area (Å²) < 4.78 is 5.24. The fourth-order valence-electron chi connectivity index (χ4n) is 2.40. The van der Waals surface area contributed by atoms with Crippen LogP contribution < -0.4 is 10.6 Å². The SMILES string of the molecule is CCNc1cnc(-c2noc(CC3CCCC(=O)N3)n2)cn1. The fraction of sp³-hybridized carbons (Fsp3) is 0.500. The van der Waals surface area contributed by atoms with Gasteiger partial charge >= 0.3 is 0 Å². The number of hydrogen-bond donors (Lipinski definition) is 2. The Labute approximate surface area is 127 Å². The molecule has 0 saturated carbocycles. The molecule has 1 amide bonds. The maximum absolute atomic E-state index is 11.4. The summed E-state index contributed by atoms with van der Waals surface area (Å²) in [4.78, 5) is 24.2. The number of carbonyl (C=O) groups excluding carboxylic acids is 1. The highest BCUT2D eigenvalue weighted by Gasteiger charge is 2.21. The molecule has 116 valence electrons. The van der Waals surface area contributed by atoms with E-state index in [4.69, 9.17) is 4.52 Å². The lowest BCUT2D eigenvalue weighted by atomic mass is 10.0. The Hall–Kier alpha value is -2.51. The maximum Gasteiger partial charge on any atom is 0.229 e. The van der Waals surface area contributed by atoms with Crippen LogP contribution >= 0.6 is 0 Å². The van der Waals surface area contributed by atoms with Crippen LogP contribution in [0.15, 0.2) is 16.9 Å². The van der Waals surface area contributed by atoms with Crippen molar-refractivity contribution in [3.8, 4) is 11.5 Å². The maximum atomic E-state index is 11.4. The lowest BCUT2D eigenvalue weighted by molar-refractivity contribution is -0.123. The van der Waals surface area contributed by atoms with Crippen LogP contribution in [0.5, 0.6) is 0 Å². The quantitative estimate of drug-likeness (QED) is 0.853. The second-order valence-corrected chi connectivity index (χ2v) is 5.19. The molecule has 1 saturated heterocycles. The molecule has 0 spiro atoms. The lowest BCUT2D eigenvalue weighted by Crippen LogP contribution is -2.40. The zero-order valence-electron chi connectivity index (χ0n) is 12.4. The third-order valence-corrected chi connectivity index (χ3v) is 3.45. The van der Waals surface area contributed by atoms with Crippen molar-refractivity contribution < 1.29 is 9.32 Å². The molecule has 1 fully saturated rings. The summed E-state index contributed by atoms with van der Waals surface area (Å²) in [5.74, 6) is 1.70. The monoisotopic (exact) mass is 302 g/mol. The van der Waals surface area contributed by atoms with Crippen molar-refractivity contribution in [3.05, 3.63) is 18.3 Å². The highest BCUT2D eigenvalue weighted by atomic mass is 16.5. The van der Waals surface area contributed by atoms with Gasteiger partial charge in [0.25, 0.3) is 0 Å². The third kappa shape index (κ3) is 3.38. The number of nitrogens with zero attached hydrogens (tertiary/aromatic N) is 4. The van der Waals surface area contributed by atoms with Gasteiger partial charge in [0.05, 0.1) is 12.4 Å². The predicted octanol–water partition coefficient (Wildman–Crippen LogP) is 1.17. The smallest absolute Gasteiger partial charge is 0.229 e. The molecular formula is C14H18N6O2. The second kappa shape index (κ2) is 6.50. The minimum absolute atomic E-state index is 0.0664. The molecule has 8 nitrogen and oxygen atoms in total. The molecule has 0 aromatic carbocycles. The van der Waals surface area contributed by atoms with Gasteiger partial charge < -0.3 is 15.2 Å². The molecular weight excluding hydrogens is 284 g/mol. The second-order valence-electron chi connectivity index (χ2n) is 5.19. The van der Waals surface area contributed by atoms with Crippen molar-refractivity contribution in [1.82, 2.24) is 25.4 Å². The van der Waals surface area contributed by atoms with E-state index in [0.717, 1.165) is 19.4 Å². The summed E-state index contributed by atoms with van der Waals surface area (Å²) in [6.07, 6.45) is 6.21. The standard InChI is InChI=1S/C14H18N6O2/c1-2-15-11-8-16-10(7-17-11)14-19-13(22-20-14)6-9-4-3-5-12(21)18-9/h7-9H,2-6H2,1H3,(H,15,17)(H,18,21). The lowest BCUT2D eigenvalue weighted by Gasteiger charge is -2.21. The summed E-state index contributed by atoms with van der Waals surface area (Å²) in [6.45, 7) is 2.78. The van der Waals surface area contributed by atoms with Crippen LogP contribution in [-0.4, -0.2) is 38.6 Å². The zero-order chi connectivity index (χ0) is 15.4. The minimum Gasteiger partial charge on any atom is -0.369 e. The zero-order valence-corrected chi connectivity index (χ0v) is 12.4. The van der Waals surface area contributed by atoms with Crippen LogP contribution in [0.2, 0.25) is 0 Å². The van der Waals surface area contributed by atoms with Gasteiger partial charge in [0.2, 0.25) is 17.6 Å². The molecule has 1 aliphatic rings. The van der Waals surface area contributed by atoms with Gasteiger partial charge in [-0.05, 0) is 19.8 Å². The first kappa shape index (κ1) is 14.4. The number of nitrogens with one attached hydrogen (secondary N) is 2. The van der Waals surface area contributed by atoms with E-state index in [2.05, 4.69) is 30.7 Å². The predicted molar refractivity (Wildman–Crippen MR) is 79.0 cm³/mol. The molecule has 0 bridgehead atoms. The number of piperidine rings is 1. The van der Waals surface area contributed by atoms with Gasteiger partial charge in [0.15, 0.2) is 0 Å². The summed E-state index contributed by atoms with van der Waals surface area (Å²) >= 11 is 0. The van der Waals surface area contributed by atoms with Crippen molar-refractivity contribution in [2.75, 3.05) is 11.9 Å². The van der Waals surface area contributed by atoms with E-state index in [9.17, 15) is 4.79 Å². The van der Waals surface area contributed by atoms with E-state index in [0.29, 0.717) is 36.1 Å². The van der Waals surface area contributed by atoms with Crippen molar-refractivity contribution in [3.63, 3.8) is 0 Å². The Bertz CT molecular complexity index is 639. The molecule has 1 aliphatic heterocycles. The summed E-state index contributed by atoms with van der Waals surface area (Å²) in [5, 5.41) is 9.93. The molecule has 3 rings (SSSR count). The number of carbonyl (C=O) groups is 1. The van der Waals surface area contributed by atoms with Crippen LogP contribution in [0.3, 0.4) is 0 Å². The van der Waals surface area contributed by atoms with E-state index in [-0.39, 0.29) is 11.9 Å². The Morgan fingerprint density at radius 3 is 3.05 bits per heavy atom. The van der Waals surface area contributed by atoms with E-state index < -0.39 is 0 Å². The van der Waals surface area contributed by atoms with Crippen molar-refractivity contribution in [1.29, 1.82) is 0 Å². The molecule has 1 atom stereocenters.